The maximum Gasteiger partial charge on any atom is 0.244 e. The lowest BCUT2D eigenvalue weighted by Gasteiger charge is -2.09. The van der Waals surface area contributed by atoms with Crippen molar-refractivity contribution in [3.8, 4) is 0 Å². The van der Waals surface area contributed by atoms with Crippen molar-refractivity contribution >= 4 is 58.5 Å². The van der Waals surface area contributed by atoms with E-state index in [2.05, 4.69) is 20.8 Å². The summed E-state index contributed by atoms with van der Waals surface area (Å²) in [6.45, 7) is 4.66. The number of hydrogen-bond donors (Lipinski definition) is 2. The van der Waals surface area contributed by atoms with Gasteiger partial charge in [-0.3, -0.25) is 9.59 Å². The highest BCUT2D eigenvalue weighted by molar-refractivity contribution is 7.99. The van der Waals surface area contributed by atoms with Crippen molar-refractivity contribution in [2.24, 2.45) is 0 Å². The van der Waals surface area contributed by atoms with Gasteiger partial charge in [0.15, 0.2) is 11.0 Å². The summed E-state index contributed by atoms with van der Waals surface area (Å²) in [6, 6.07) is 12.6. The molecule has 172 valence electrons. The minimum Gasteiger partial charge on any atom is -0.345 e. The van der Waals surface area contributed by atoms with Gasteiger partial charge in [0.05, 0.1) is 12.3 Å². The van der Waals surface area contributed by atoms with Gasteiger partial charge < -0.3 is 15.2 Å². The van der Waals surface area contributed by atoms with Crippen LogP contribution in [0.4, 0.5) is 5.69 Å². The highest BCUT2D eigenvalue weighted by atomic mass is 35.5. The van der Waals surface area contributed by atoms with Crippen LogP contribution in [0, 0.1) is 6.92 Å². The molecule has 0 saturated carbocycles. The van der Waals surface area contributed by atoms with E-state index >= 15 is 0 Å². The Morgan fingerprint density at radius 2 is 1.94 bits per heavy atom. The second kappa shape index (κ2) is 11.9. The van der Waals surface area contributed by atoms with Crippen LogP contribution in [0.5, 0.6) is 0 Å². The standard InChI is InChI=1S/C23H23Cl2N5O2S/c1-3-30-20(13-26-21(31)11-9-16-6-4-5-7-18(16)25)28-29-23(30)33-14-22(32)27-19-12-17(24)10-8-15(19)2/h4-12H,3,13-14H2,1-2H3,(H,26,31)(H,27,32)/b11-9+. The number of nitrogens with zero attached hydrogens (tertiary/aromatic N) is 3. The summed E-state index contributed by atoms with van der Waals surface area (Å²) < 4.78 is 1.86. The minimum absolute atomic E-state index is 0.164. The van der Waals surface area contributed by atoms with Gasteiger partial charge in [0, 0.05) is 28.4 Å². The van der Waals surface area contributed by atoms with Crippen molar-refractivity contribution in [1.82, 2.24) is 20.1 Å². The number of carbonyl (C=O) groups is 2. The van der Waals surface area contributed by atoms with Crippen molar-refractivity contribution in [2.75, 3.05) is 11.1 Å². The predicted octanol–water partition coefficient (Wildman–Crippen LogP) is 4.97. The van der Waals surface area contributed by atoms with Crippen LogP contribution < -0.4 is 10.6 Å². The molecule has 10 heteroatoms. The maximum absolute atomic E-state index is 12.4. The minimum atomic E-state index is -0.272. The summed E-state index contributed by atoms with van der Waals surface area (Å²) in [4.78, 5) is 24.6. The Balaban J connectivity index is 1.55. The highest BCUT2D eigenvalue weighted by Crippen LogP contribution is 2.22. The summed E-state index contributed by atoms with van der Waals surface area (Å²) in [5.74, 6) is 0.323. The van der Waals surface area contributed by atoms with Gasteiger partial charge in [-0.05, 0) is 49.2 Å². The van der Waals surface area contributed by atoms with Crippen LogP contribution in [-0.2, 0) is 22.7 Å². The van der Waals surface area contributed by atoms with E-state index in [1.165, 1.54) is 17.8 Å². The van der Waals surface area contributed by atoms with Crippen LogP contribution >= 0.6 is 35.0 Å². The zero-order valence-electron chi connectivity index (χ0n) is 18.1. The Labute approximate surface area is 206 Å². The number of amides is 2. The molecule has 3 rings (SSSR count). The lowest BCUT2D eigenvalue weighted by Crippen LogP contribution is -2.22. The number of anilines is 1. The Morgan fingerprint density at radius 1 is 1.15 bits per heavy atom. The molecule has 2 aromatic carbocycles. The fourth-order valence-electron chi connectivity index (χ4n) is 2.92. The summed E-state index contributed by atoms with van der Waals surface area (Å²) in [6.07, 6.45) is 3.08. The van der Waals surface area contributed by atoms with Gasteiger partial charge in [-0.2, -0.15) is 0 Å². The lowest BCUT2D eigenvalue weighted by atomic mass is 10.2. The van der Waals surface area contributed by atoms with Gasteiger partial charge >= 0.3 is 0 Å². The number of nitrogens with one attached hydrogen (secondary N) is 2. The Bertz CT molecular complexity index is 1180. The molecule has 3 aromatic rings. The molecular formula is C23H23Cl2N5O2S. The monoisotopic (exact) mass is 503 g/mol. The number of halogens is 2. The molecule has 7 nitrogen and oxygen atoms in total. The van der Waals surface area contributed by atoms with E-state index in [1.807, 2.05) is 42.7 Å². The quantitative estimate of drug-likeness (QED) is 0.317. The molecule has 0 bridgehead atoms. The third-order valence-electron chi connectivity index (χ3n) is 4.66. The Kier molecular flexibility index (Phi) is 8.94. The molecule has 2 N–H and O–H groups in total. The zero-order chi connectivity index (χ0) is 23.8. The smallest absolute Gasteiger partial charge is 0.244 e. The molecular weight excluding hydrogens is 481 g/mol. The molecule has 2 amide bonds. The van der Waals surface area contributed by atoms with E-state index < -0.39 is 0 Å². The van der Waals surface area contributed by atoms with E-state index in [-0.39, 0.29) is 24.1 Å². The van der Waals surface area contributed by atoms with E-state index in [0.29, 0.717) is 33.3 Å². The average Bonchev–Trinajstić information content (AvgIpc) is 3.20. The molecule has 0 aliphatic rings. The molecule has 0 radical (unpaired) electrons. The van der Waals surface area contributed by atoms with Crippen molar-refractivity contribution < 1.29 is 9.59 Å². The lowest BCUT2D eigenvalue weighted by molar-refractivity contribution is -0.116. The topological polar surface area (TPSA) is 88.9 Å². The van der Waals surface area contributed by atoms with Crippen molar-refractivity contribution in [3.63, 3.8) is 0 Å². The Morgan fingerprint density at radius 3 is 2.70 bits per heavy atom. The average molecular weight is 504 g/mol. The summed E-state index contributed by atoms with van der Waals surface area (Å²) in [7, 11) is 0. The first-order valence-corrected chi connectivity index (χ1v) is 11.9. The first-order valence-electron chi connectivity index (χ1n) is 10.2. The van der Waals surface area contributed by atoms with Gasteiger partial charge in [-0.1, -0.05) is 59.2 Å². The first-order chi connectivity index (χ1) is 15.9. The number of aryl methyl sites for hydroxylation is 1. The first kappa shape index (κ1) is 24.8. The summed E-state index contributed by atoms with van der Waals surface area (Å²) in [5.41, 5.74) is 2.37. The van der Waals surface area contributed by atoms with Crippen LogP contribution in [0.2, 0.25) is 10.0 Å². The number of aromatic nitrogens is 3. The van der Waals surface area contributed by atoms with Crippen LogP contribution in [0.1, 0.15) is 23.9 Å². The number of benzene rings is 2. The van der Waals surface area contributed by atoms with Gasteiger partial charge in [0.2, 0.25) is 11.8 Å². The van der Waals surface area contributed by atoms with E-state index in [4.69, 9.17) is 23.2 Å². The predicted molar refractivity (Wildman–Crippen MR) is 134 cm³/mol. The van der Waals surface area contributed by atoms with Crippen LogP contribution in [0.3, 0.4) is 0 Å². The molecule has 0 aliphatic heterocycles. The molecule has 0 spiro atoms. The number of rotatable bonds is 9. The van der Waals surface area contributed by atoms with Crippen LogP contribution in [-0.4, -0.2) is 32.3 Å². The molecule has 1 heterocycles. The molecule has 0 unspecified atom stereocenters. The largest absolute Gasteiger partial charge is 0.345 e. The molecule has 0 atom stereocenters. The summed E-state index contributed by atoms with van der Waals surface area (Å²) >= 11 is 13.4. The number of carbonyl (C=O) groups excluding carboxylic acids is 2. The third kappa shape index (κ3) is 7.08. The normalized spacial score (nSPS) is 11.0. The molecule has 0 fully saturated rings. The highest BCUT2D eigenvalue weighted by Gasteiger charge is 2.14. The zero-order valence-corrected chi connectivity index (χ0v) is 20.5. The SMILES string of the molecule is CCn1c(CNC(=O)/C=C/c2ccccc2Cl)nnc1SCC(=O)Nc1cc(Cl)ccc1C. The molecule has 1 aromatic heterocycles. The van der Waals surface area contributed by atoms with E-state index in [1.54, 1.807) is 24.3 Å². The van der Waals surface area contributed by atoms with E-state index in [0.717, 1.165) is 11.1 Å². The molecule has 33 heavy (non-hydrogen) atoms. The molecule has 0 aliphatic carbocycles. The van der Waals surface area contributed by atoms with Gasteiger partial charge in [-0.25, -0.2) is 0 Å². The fourth-order valence-corrected chi connectivity index (χ4v) is 4.11. The number of hydrogen-bond acceptors (Lipinski definition) is 5. The van der Waals surface area contributed by atoms with Crippen molar-refractivity contribution in [1.29, 1.82) is 0 Å². The van der Waals surface area contributed by atoms with Gasteiger partial charge in [0.1, 0.15) is 0 Å². The maximum atomic E-state index is 12.4. The van der Waals surface area contributed by atoms with Gasteiger partial charge in [0.25, 0.3) is 0 Å². The van der Waals surface area contributed by atoms with Crippen molar-refractivity contribution in [3.05, 3.63) is 75.5 Å². The third-order valence-corrected chi connectivity index (χ3v) is 6.20. The van der Waals surface area contributed by atoms with Crippen molar-refractivity contribution in [2.45, 2.75) is 32.1 Å². The Hall–Kier alpha value is -2.81. The van der Waals surface area contributed by atoms with Crippen LogP contribution in [0.15, 0.2) is 53.7 Å². The summed E-state index contributed by atoms with van der Waals surface area (Å²) in [5, 5.41) is 15.7. The van der Waals surface area contributed by atoms with Gasteiger partial charge in [-0.15, -0.1) is 10.2 Å². The second-order valence-corrected chi connectivity index (χ2v) is 8.80. The second-order valence-electron chi connectivity index (χ2n) is 7.01. The fraction of sp³-hybridized carbons (Fsp3) is 0.217. The van der Waals surface area contributed by atoms with Crippen LogP contribution in [0.25, 0.3) is 6.08 Å². The number of thioether (sulfide) groups is 1. The molecule has 0 saturated heterocycles. The van der Waals surface area contributed by atoms with E-state index in [9.17, 15) is 9.59 Å².